The summed E-state index contributed by atoms with van der Waals surface area (Å²) in [6.45, 7) is 7.24. The zero-order valence-corrected chi connectivity index (χ0v) is 19.4. The molecule has 33 heavy (non-hydrogen) atoms. The lowest BCUT2D eigenvalue weighted by molar-refractivity contribution is -0.134. The average molecular weight is 454 g/mol. The highest BCUT2D eigenvalue weighted by atomic mass is 16.5. The minimum Gasteiger partial charge on any atom is -0.361 e. The van der Waals surface area contributed by atoms with Crippen molar-refractivity contribution in [2.24, 2.45) is 11.8 Å². The summed E-state index contributed by atoms with van der Waals surface area (Å²) in [5.74, 6) is 0.709. The van der Waals surface area contributed by atoms with Crippen molar-refractivity contribution in [2.75, 3.05) is 13.1 Å². The third kappa shape index (κ3) is 4.49. The van der Waals surface area contributed by atoms with Crippen molar-refractivity contribution in [3.05, 3.63) is 47.6 Å². The largest absolute Gasteiger partial charge is 0.361 e. The van der Waals surface area contributed by atoms with Crippen LogP contribution >= 0.6 is 0 Å². The Labute approximate surface area is 193 Å². The number of rotatable bonds is 7. The van der Waals surface area contributed by atoms with Crippen LogP contribution in [0.15, 0.2) is 35.0 Å². The summed E-state index contributed by atoms with van der Waals surface area (Å²) in [6, 6.07) is 6.77. The summed E-state index contributed by atoms with van der Waals surface area (Å²) in [6.07, 6.45) is 4.13. The Balaban J connectivity index is 1.41. The first-order valence-electron chi connectivity index (χ1n) is 11.6. The molecule has 4 amide bonds. The standard InChI is InChI=1S/C24H31N5O4/c1-4-24(22(31)29(23(32)26-24)15-18-7-5-6-10-25-18)17-8-11-28(12-9-17)21(30)20-14-19(33-27-20)13-16(2)3/h5-7,10,14,16-17H,4,8-9,11-13,15H2,1-3H3,(H,26,32)/t24-/m1/s1. The number of piperidine rings is 1. The third-order valence-electron chi connectivity index (χ3n) is 6.67. The van der Waals surface area contributed by atoms with E-state index >= 15 is 0 Å². The van der Waals surface area contributed by atoms with Gasteiger partial charge < -0.3 is 14.7 Å². The molecule has 2 aliphatic rings. The van der Waals surface area contributed by atoms with Crippen LogP contribution in [0.5, 0.6) is 0 Å². The summed E-state index contributed by atoms with van der Waals surface area (Å²) in [7, 11) is 0. The first kappa shape index (κ1) is 22.9. The van der Waals surface area contributed by atoms with Gasteiger partial charge in [0.15, 0.2) is 5.69 Å². The number of hydrogen-bond donors (Lipinski definition) is 1. The minimum atomic E-state index is -0.945. The number of amides is 4. The van der Waals surface area contributed by atoms with Gasteiger partial charge in [-0.15, -0.1) is 0 Å². The molecule has 0 aromatic carbocycles. The van der Waals surface area contributed by atoms with Gasteiger partial charge in [0, 0.05) is 31.8 Å². The van der Waals surface area contributed by atoms with Gasteiger partial charge in [-0.1, -0.05) is 32.0 Å². The normalized spacial score (nSPS) is 21.7. The van der Waals surface area contributed by atoms with E-state index in [4.69, 9.17) is 4.52 Å². The van der Waals surface area contributed by atoms with E-state index in [0.29, 0.717) is 55.4 Å². The molecule has 1 atom stereocenters. The van der Waals surface area contributed by atoms with Crippen LogP contribution in [0.25, 0.3) is 0 Å². The van der Waals surface area contributed by atoms with Crippen molar-refractivity contribution in [3.63, 3.8) is 0 Å². The predicted octanol–water partition coefficient (Wildman–Crippen LogP) is 3.02. The number of hydrogen-bond acceptors (Lipinski definition) is 6. The minimum absolute atomic E-state index is 0.0504. The lowest BCUT2D eigenvalue weighted by atomic mass is 9.75. The average Bonchev–Trinajstić information content (AvgIpc) is 3.37. The van der Waals surface area contributed by atoms with Crippen LogP contribution in [0.3, 0.4) is 0 Å². The second-order valence-electron chi connectivity index (χ2n) is 9.31. The van der Waals surface area contributed by atoms with Crippen molar-refractivity contribution in [1.82, 2.24) is 25.3 Å². The first-order chi connectivity index (χ1) is 15.8. The molecule has 2 aromatic heterocycles. The summed E-state index contributed by atoms with van der Waals surface area (Å²) in [5, 5.41) is 6.94. The number of nitrogens with zero attached hydrogens (tertiary/aromatic N) is 4. The van der Waals surface area contributed by atoms with Gasteiger partial charge in [-0.3, -0.25) is 19.5 Å². The van der Waals surface area contributed by atoms with Gasteiger partial charge in [-0.05, 0) is 43.2 Å². The second-order valence-corrected chi connectivity index (χ2v) is 9.31. The Hall–Kier alpha value is -3.23. The van der Waals surface area contributed by atoms with Gasteiger partial charge in [0.05, 0.1) is 12.2 Å². The van der Waals surface area contributed by atoms with Crippen LogP contribution < -0.4 is 5.32 Å². The Bertz CT molecular complexity index is 1010. The van der Waals surface area contributed by atoms with Crippen molar-refractivity contribution >= 4 is 17.8 Å². The number of aromatic nitrogens is 2. The number of carbonyl (C=O) groups excluding carboxylic acids is 3. The van der Waals surface area contributed by atoms with Gasteiger partial charge in [-0.2, -0.15) is 0 Å². The molecule has 9 nitrogen and oxygen atoms in total. The summed E-state index contributed by atoms with van der Waals surface area (Å²) >= 11 is 0. The van der Waals surface area contributed by atoms with E-state index in [1.165, 1.54) is 4.90 Å². The number of imide groups is 1. The van der Waals surface area contributed by atoms with E-state index in [-0.39, 0.29) is 30.3 Å². The van der Waals surface area contributed by atoms with Crippen LogP contribution in [0.1, 0.15) is 62.0 Å². The highest BCUT2D eigenvalue weighted by Gasteiger charge is 2.55. The van der Waals surface area contributed by atoms with E-state index in [9.17, 15) is 14.4 Å². The molecule has 4 rings (SSSR count). The van der Waals surface area contributed by atoms with E-state index < -0.39 is 5.54 Å². The topological polar surface area (TPSA) is 109 Å². The smallest absolute Gasteiger partial charge is 0.325 e. The number of carbonyl (C=O) groups is 3. The molecule has 0 unspecified atom stereocenters. The van der Waals surface area contributed by atoms with E-state index in [1.807, 2.05) is 13.0 Å². The molecule has 0 spiro atoms. The van der Waals surface area contributed by atoms with Gasteiger partial charge in [0.25, 0.3) is 11.8 Å². The molecule has 2 aliphatic heterocycles. The van der Waals surface area contributed by atoms with Crippen LogP contribution in [-0.2, 0) is 17.8 Å². The highest BCUT2D eigenvalue weighted by molar-refractivity contribution is 6.07. The maximum absolute atomic E-state index is 13.4. The van der Waals surface area contributed by atoms with Crippen molar-refractivity contribution < 1.29 is 18.9 Å². The summed E-state index contributed by atoms with van der Waals surface area (Å²) in [4.78, 5) is 46.3. The van der Waals surface area contributed by atoms with Crippen LogP contribution in [0.4, 0.5) is 4.79 Å². The zero-order valence-electron chi connectivity index (χ0n) is 19.4. The molecule has 0 radical (unpaired) electrons. The molecule has 2 aromatic rings. The van der Waals surface area contributed by atoms with Gasteiger partial charge in [0.2, 0.25) is 0 Å². The Morgan fingerprint density at radius 1 is 1.27 bits per heavy atom. The maximum atomic E-state index is 13.4. The Morgan fingerprint density at radius 2 is 2.03 bits per heavy atom. The van der Waals surface area contributed by atoms with Gasteiger partial charge >= 0.3 is 6.03 Å². The molecule has 2 fully saturated rings. The number of likely N-dealkylation sites (tertiary alicyclic amines) is 1. The van der Waals surface area contributed by atoms with Crippen molar-refractivity contribution in [1.29, 1.82) is 0 Å². The molecule has 4 heterocycles. The summed E-state index contributed by atoms with van der Waals surface area (Å²) in [5.41, 5.74) is 0.0399. The number of pyridine rings is 1. The number of nitrogens with one attached hydrogen (secondary N) is 1. The van der Waals surface area contributed by atoms with E-state index in [2.05, 4.69) is 29.3 Å². The van der Waals surface area contributed by atoms with Gasteiger partial charge in [0.1, 0.15) is 11.3 Å². The SMILES string of the molecule is CC[C@]1(C2CCN(C(=O)c3cc(CC(C)C)on3)CC2)NC(=O)N(Cc2ccccn2)C1=O. The molecule has 0 saturated carbocycles. The molecule has 0 aliphatic carbocycles. The first-order valence-corrected chi connectivity index (χ1v) is 11.6. The third-order valence-corrected chi connectivity index (χ3v) is 6.67. The molecular weight excluding hydrogens is 422 g/mol. The van der Waals surface area contributed by atoms with Crippen molar-refractivity contribution in [3.8, 4) is 0 Å². The molecule has 0 bridgehead atoms. The molecular formula is C24H31N5O4. The lowest BCUT2D eigenvalue weighted by Crippen LogP contribution is -2.56. The fraction of sp³-hybridized carbons (Fsp3) is 0.542. The molecule has 9 heteroatoms. The van der Waals surface area contributed by atoms with Crippen LogP contribution in [0, 0.1) is 11.8 Å². The molecule has 176 valence electrons. The summed E-state index contributed by atoms with van der Waals surface area (Å²) < 4.78 is 5.31. The van der Waals surface area contributed by atoms with Crippen LogP contribution in [-0.4, -0.2) is 56.4 Å². The maximum Gasteiger partial charge on any atom is 0.325 e. The van der Waals surface area contributed by atoms with Crippen LogP contribution in [0.2, 0.25) is 0 Å². The molecule has 2 saturated heterocycles. The quantitative estimate of drug-likeness (QED) is 0.646. The predicted molar refractivity (Wildman–Crippen MR) is 120 cm³/mol. The fourth-order valence-corrected chi connectivity index (χ4v) is 4.90. The van der Waals surface area contributed by atoms with Gasteiger partial charge in [-0.25, -0.2) is 4.79 Å². The van der Waals surface area contributed by atoms with Crippen molar-refractivity contribution in [2.45, 2.75) is 58.5 Å². The Kier molecular flexibility index (Phi) is 6.49. The number of urea groups is 1. The zero-order chi connectivity index (χ0) is 23.6. The molecule has 1 N–H and O–H groups in total. The Morgan fingerprint density at radius 3 is 2.67 bits per heavy atom. The van der Waals surface area contributed by atoms with E-state index in [1.54, 1.807) is 29.3 Å². The fourth-order valence-electron chi connectivity index (χ4n) is 4.90. The highest BCUT2D eigenvalue weighted by Crippen LogP contribution is 2.36. The van der Waals surface area contributed by atoms with E-state index in [0.717, 1.165) is 6.42 Å². The second kappa shape index (κ2) is 9.33. The monoisotopic (exact) mass is 453 g/mol. The lowest BCUT2D eigenvalue weighted by Gasteiger charge is -2.40.